The van der Waals surface area contributed by atoms with Crippen molar-refractivity contribution in [3.63, 3.8) is 0 Å². The van der Waals surface area contributed by atoms with Crippen LogP contribution >= 0.6 is 0 Å². The van der Waals surface area contributed by atoms with Crippen LogP contribution in [0.2, 0.25) is 0 Å². The van der Waals surface area contributed by atoms with Crippen LogP contribution in [-0.2, 0) is 14.3 Å². The van der Waals surface area contributed by atoms with Crippen LogP contribution in [0.15, 0.2) is 0 Å². The summed E-state index contributed by atoms with van der Waals surface area (Å²) in [6.07, 6.45) is 0.361. The van der Waals surface area contributed by atoms with Crippen LogP contribution in [0.1, 0.15) is 47.5 Å². The third-order valence-corrected chi connectivity index (χ3v) is 2.12. The van der Waals surface area contributed by atoms with E-state index in [9.17, 15) is 9.59 Å². The molecule has 0 aromatic rings. The number of carbonyl (C=O) groups excluding carboxylic acids is 2. The van der Waals surface area contributed by atoms with Crippen molar-refractivity contribution < 1.29 is 19.1 Å². The van der Waals surface area contributed by atoms with Crippen LogP contribution in [0.5, 0.6) is 0 Å². The molecule has 0 saturated heterocycles. The standard InChI is InChI=1S/C13H25NO4/c1-9(2)7-10(8-11(15)17-6)14-12(16)18-13(3,4)5/h9-10H,7-8H2,1-6H3,(H,14,16)/t10-/m1/s1. The smallest absolute Gasteiger partial charge is 0.407 e. The van der Waals surface area contributed by atoms with Gasteiger partial charge in [-0.3, -0.25) is 4.79 Å². The van der Waals surface area contributed by atoms with E-state index in [0.29, 0.717) is 12.3 Å². The molecule has 0 bridgehead atoms. The SMILES string of the molecule is COC(=O)C[C@@H](CC(C)C)NC(=O)OC(C)(C)C. The number of ether oxygens (including phenoxy) is 2. The minimum atomic E-state index is -0.544. The van der Waals surface area contributed by atoms with E-state index in [4.69, 9.17) is 4.74 Å². The van der Waals surface area contributed by atoms with Gasteiger partial charge in [0.25, 0.3) is 0 Å². The van der Waals surface area contributed by atoms with Gasteiger partial charge in [0.15, 0.2) is 0 Å². The molecule has 5 nitrogen and oxygen atoms in total. The molecule has 0 aliphatic heterocycles. The second-order valence-corrected chi connectivity index (χ2v) is 5.75. The lowest BCUT2D eigenvalue weighted by Crippen LogP contribution is -2.41. The molecular weight excluding hydrogens is 234 g/mol. The minimum Gasteiger partial charge on any atom is -0.469 e. The molecule has 106 valence electrons. The highest BCUT2D eigenvalue weighted by Gasteiger charge is 2.22. The molecule has 0 fully saturated rings. The van der Waals surface area contributed by atoms with Crippen LogP contribution in [0, 0.1) is 5.92 Å². The van der Waals surface area contributed by atoms with Crippen molar-refractivity contribution >= 4 is 12.1 Å². The monoisotopic (exact) mass is 259 g/mol. The molecule has 0 unspecified atom stereocenters. The lowest BCUT2D eigenvalue weighted by molar-refractivity contribution is -0.141. The molecule has 18 heavy (non-hydrogen) atoms. The second-order valence-electron chi connectivity index (χ2n) is 5.75. The fourth-order valence-electron chi connectivity index (χ4n) is 1.52. The number of hydrogen-bond donors (Lipinski definition) is 1. The van der Waals surface area contributed by atoms with E-state index in [0.717, 1.165) is 0 Å². The van der Waals surface area contributed by atoms with Gasteiger partial charge in [0, 0.05) is 6.04 Å². The van der Waals surface area contributed by atoms with Crippen LogP contribution in [-0.4, -0.2) is 30.8 Å². The van der Waals surface area contributed by atoms with E-state index in [1.54, 1.807) is 20.8 Å². The third kappa shape index (κ3) is 8.84. The van der Waals surface area contributed by atoms with Crippen molar-refractivity contribution in [3.05, 3.63) is 0 Å². The molecule has 1 atom stereocenters. The van der Waals surface area contributed by atoms with E-state index >= 15 is 0 Å². The Morgan fingerprint density at radius 3 is 2.17 bits per heavy atom. The van der Waals surface area contributed by atoms with Gasteiger partial charge in [0.2, 0.25) is 0 Å². The maximum Gasteiger partial charge on any atom is 0.407 e. The first kappa shape index (κ1) is 16.7. The predicted molar refractivity (Wildman–Crippen MR) is 69.2 cm³/mol. The highest BCUT2D eigenvalue weighted by atomic mass is 16.6. The van der Waals surface area contributed by atoms with Crippen molar-refractivity contribution in [3.8, 4) is 0 Å². The summed E-state index contributed by atoms with van der Waals surface area (Å²) < 4.78 is 9.78. The van der Waals surface area contributed by atoms with Crippen molar-refractivity contribution in [1.82, 2.24) is 5.32 Å². The molecule has 0 aromatic heterocycles. The average molecular weight is 259 g/mol. The molecule has 0 rings (SSSR count). The number of nitrogens with one attached hydrogen (secondary N) is 1. The van der Waals surface area contributed by atoms with Crippen molar-refractivity contribution in [2.75, 3.05) is 7.11 Å². The third-order valence-electron chi connectivity index (χ3n) is 2.12. The molecule has 0 heterocycles. The lowest BCUT2D eigenvalue weighted by Gasteiger charge is -2.24. The number of esters is 1. The van der Waals surface area contributed by atoms with Gasteiger partial charge >= 0.3 is 12.1 Å². The number of hydrogen-bond acceptors (Lipinski definition) is 4. The van der Waals surface area contributed by atoms with Gasteiger partial charge in [0.05, 0.1) is 13.5 Å². The Morgan fingerprint density at radius 2 is 1.78 bits per heavy atom. The van der Waals surface area contributed by atoms with E-state index in [-0.39, 0.29) is 18.4 Å². The highest BCUT2D eigenvalue weighted by Crippen LogP contribution is 2.11. The van der Waals surface area contributed by atoms with E-state index in [2.05, 4.69) is 10.1 Å². The molecule has 1 amide bonds. The van der Waals surface area contributed by atoms with Gasteiger partial charge < -0.3 is 14.8 Å². The number of amides is 1. The summed E-state index contributed by atoms with van der Waals surface area (Å²) in [7, 11) is 1.34. The maximum absolute atomic E-state index is 11.6. The molecule has 0 radical (unpaired) electrons. The number of carbonyl (C=O) groups is 2. The van der Waals surface area contributed by atoms with Gasteiger partial charge in [0.1, 0.15) is 5.60 Å². The van der Waals surface area contributed by atoms with E-state index < -0.39 is 11.7 Å². The topological polar surface area (TPSA) is 64.6 Å². The van der Waals surface area contributed by atoms with Crippen molar-refractivity contribution in [2.24, 2.45) is 5.92 Å². The summed E-state index contributed by atoms with van der Waals surface area (Å²) in [5.41, 5.74) is -0.544. The minimum absolute atomic E-state index is 0.161. The predicted octanol–water partition coefficient (Wildman–Crippen LogP) is 2.49. The first-order valence-electron chi connectivity index (χ1n) is 6.20. The molecule has 0 aromatic carbocycles. The molecule has 5 heteroatoms. The Labute approximate surface area is 109 Å². The molecular formula is C13H25NO4. The molecule has 0 spiro atoms. The van der Waals surface area contributed by atoms with Crippen LogP contribution in [0.25, 0.3) is 0 Å². The zero-order valence-electron chi connectivity index (χ0n) is 12.2. The number of rotatable bonds is 5. The normalized spacial score (nSPS) is 13.1. The van der Waals surface area contributed by atoms with E-state index in [1.165, 1.54) is 7.11 Å². The van der Waals surface area contributed by atoms with Gasteiger partial charge in [-0.25, -0.2) is 4.79 Å². The Balaban J connectivity index is 4.39. The number of alkyl carbamates (subject to hydrolysis) is 1. The fourth-order valence-corrected chi connectivity index (χ4v) is 1.52. The first-order valence-corrected chi connectivity index (χ1v) is 6.20. The molecule has 1 N–H and O–H groups in total. The average Bonchev–Trinajstić information content (AvgIpc) is 2.12. The molecule has 0 aliphatic rings. The first-order chi connectivity index (χ1) is 8.14. The number of methoxy groups -OCH3 is 1. The van der Waals surface area contributed by atoms with Crippen molar-refractivity contribution in [2.45, 2.75) is 59.1 Å². The highest BCUT2D eigenvalue weighted by molar-refractivity contribution is 5.72. The summed E-state index contributed by atoms with van der Waals surface area (Å²) in [5, 5.41) is 2.71. The van der Waals surface area contributed by atoms with Gasteiger partial charge in [-0.05, 0) is 33.1 Å². The fraction of sp³-hybridized carbons (Fsp3) is 0.846. The quantitative estimate of drug-likeness (QED) is 0.770. The second kappa shape index (κ2) is 7.24. The van der Waals surface area contributed by atoms with Gasteiger partial charge in [-0.15, -0.1) is 0 Å². The largest absolute Gasteiger partial charge is 0.469 e. The lowest BCUT2D eigenvalue weighted by atomic mass is 10.0. The van der Waals surface area contributed by atoms with Gasteiger partial charge in [-0.2, -0.15) is 0 Å². The zero-order chi connectivity index (χ0) is 14.3. The van der Waals surface area contributed by atoms with Crippen LogP contribution in [0.3, 0.4) is 0 Å². The van der Waals surface area contributed by atoms with Crippen LogP contribution in [0.4, 0.5) is 4.79 Å². The van der Waals surface area contributed by atoms with E-state index in [1.807, 2.05) is 13.8 Å². The van der Waals surface area contributed by atoms with Crippen LogP contribution < -0.4 is 5.32 Å². The summed E-state index contributed by atoms with van der Waals surface area (Å²) in [6, 6.07) is -0.257. The Hall–Kier alpha value is -1.26. The Bertz CT molecular complexity index is 281. The summed E-state index contributed by atoms with van der Waals surface area (Å²) in [4.78, 5) is 22.9. The Kier molecular flexibility index (Phi) is 6.73. The van der Waals surface area contributed by atoms with Crippen molar-refractivity contribution in [1.29, 1.82) is 0 Å². The summed E-state index contributed by atoms with van der Waals surface area (Å²) in [6.45, 7) is 9.45. The molecule has 0 saturated carbocycles. The van der Waals surface area contributed by atoms with Gasteiger partial charge in [-0.1, -0.05) is 13.8 Å². The maximum atomic E-state index is 11.6. The zero-order valence-corrected chi connectivity index (χ0v) is 12.2. The summed E-state index contributed by atoms with van der Waals surface area (Å²) >= 11 is 0. The molecule has 0 aliphatic carbocycles. The summed E-state index contributed by atoms with van der Waals surface area (Å²) in [5.74, 6) is 0.0336. The Morgan fingerprint density at radius 1 is 1.22 bits per heavy atom.